The topological polar surface area (TPSA) is 17.1 Å². The van der Waals surface area contributed by atoms with E-state index < -0.39 is 0 Å². The third-order valence-corrected chi connectivity index (χ3v) is 3.12. The molecular weight excluding hydrogens is 211 g/mol. The molecule has 0 spiro atoms. The van der Waals surface area contributed by atoms with Gasteiger partial charge >= 0.3 is 0 Å². The summed E-state index contributed by atoms with van der Waals surface area (Å²) in [4.78, 5) is 11.5. The number of carbonyl (C=O) groups excluding carboxylic acids is 1. The molecule has 0 atom stereocenters. The second kappa shape index (κ2) is 3.95. The van der Waals surface area contributed by atoms with Gasteiger partial charge in [0.2, 0.25) is 0 Å². The van der Waals surface area contributed by atoms with Gasteiger partial charge in [-0.3, -0.25) is 4.79 Å². The molecule has 76 valence electrons. The highest BCUT2D eigenvalue weighted by atomic mass is 32.1. The maximum Gasteiger partial charge on any atom is 0.160 e. The van der Waals surface area contributed by atoms with Crippen molar-refractivity contribution in [3.05, 3.63) is 45.9 Å². The Morgan fingerprint density at radius 2 is 2.07 bits per heavy atom. The molecule has 2 rings (SSSR count). The third kappa shape index (κ3) is 1.83. The molecule has 0 radical (unpaired) electrons. The minimum Gasteiger partial charge on any atom is -0.297 e. The molecule has 0 N–H and O–H groups in total. The van der Waals surface area contributed by atoms with Crippen molar-refractivity contribution in [3.63, 3.8) is 0 Å². The smallest absolute Gasteiger partial charge is 0.160 e. The molecule has 1 heterocycles. The van der Waals surface area contributed by atoms with E-state index in [4.69, 9.17) is 0 Å². The summed E-state index contributed by atoms with van der Waals surface area (Å²) < 4.78 is 12.9. The van der Waals surface area contributed by atoms with Crippen molar-refractivity contribution in [2.24, 2.45) is 0 Å². The molecule has 0 saturated heterocycles. The highest BCUT2D eigenvalue weighted by molar-refractivity contribution is 7.12. The zero-order valence-corrected chi connectivity index (χ0v) is 8.98. The summed E-state index contributed by atoms with van der Waals surface area (Å²) in [5, 5.41) is 1.86. The Balaban J connectivity index is 2.59. The molecule has 0 amide bonds. The molecule has 0 saturated carbocycles. The van der Waals surface area contributed by atoms with E-state index in [-0.39, 0.29) is 5.82 Å². The monoisotopic (exact) mass is 220 g/mol. The van der Waals surface area contributed by atoms with Crippen molar-refractivity contribution >= 4 is 17.6 Å². The Bertz CT molecular complexity index is 502. The Morgan fingerprint density at radius 1 is 1.27 bits per heavy atom. The summed E-state index contributed by atoms with van der Waals surface area (Å²) in [6.45, 7) is 1.84. The van der Waals surface area contributed by atoms with Crippen molar-refractivity contribution in [1.82, 2.24) is 0 Å². The predicted octanol–water partition coefficient (Wildman–Crippen LogP) is 3.68. The maximum absolute atomic E-state index is 12.9. The van der Waals surface area contributed by atoms with Crippen LogP contribution in [0.3, 0.4) is 0 Å². The number of rotatable bonds is 2. The fraction of sp³-hybridized carbons (Fsp3) is 0.0833. The molecule has 0 aliphatic heterocycles. The first-order valence-electron chi connectivity index (χ1n) is 4.51. The van der Waals surface area contributed by atoms with Crippen LogP contribution >= 0.6 is 11.3 Å². The Kier molecular flexibility index (Phi) is 2.64. The Morgan fingerprint density at radius 3 is 2.73 bits per heavy atom. The molecule has 2 aromatic rings. The van der Waals surface area contributed by atoms with Gasteiger partial charge in [-0.1, -0.05) is 6.07 Å². The normalized spacial score (nSPS) is 10.3. The van der Waals surface area contributed by atoms with Gasteiger partial charge in [-0.05, 0) is 41.6 Å². The SMILES string of the molecule is Cc1cc(F)ccc1-c1ccsc1C=O. The molecular formula is C12H9FOS. The van der Waals surface area contributed by atoms with E-state index >= 15 is 0 Å². The fourth-order valence-corrected chi connectivity index (χ4v) is 2.28. The van der Waals surface area contributed by atoms with Gasteiger partial charge in [0.1, 0.15) is 5.82 Å². The van der Waals surface area contributed by atoms with E-state index in [1.807, 2.05) is 18.4 Å². The van der Waals surface area contributed by atoms with Crippen molar-refractivity contribution < 1.29 is 9.18 Å². The van der Waals surface area contributed by atoms with Crippen LogP contribution in [0.4, 0.5) is 4.39 Å². The number of benzene rings is 1. The first-order valence-corrected chi connectivity index (χ1v) is 5.39. The number of thiophene rings is 1. The number of aryl methyl sites for hydroxylation is 1. The van der Waals surface area contributed by atoms with Crippen molar-refractivity contribution in [2.45, 2.75) is 6.92 Å². The zero-order valence-electron chi connectivity index (χ0n) is 8.16. The van der Waals surface area contributed by atoms with Crippen LogP contribution in [0.25, 0.3) is 11.1 Å². The lowest BCUT2D eigenvalue weighted by molar-refractivity contribution is 0.112. The van der Waals surface area contributed by atoms with Crippen molar-refractivity contribution in [1.29, 1.82) is 0 Å². The number of aldehydes is 1. The van der Waals surface area contributed by atoms with Crippen LogP contribution in [0.2, 0.25) is 0 Å². The van der Waals surface area contributed by atoms with E-state index in [9.17, 15) is 9.18 Å². The molecule has 0 fully saturated rings. The van der Waals surface area contributed by atoms with Gasteiger partial charge in [0.25, 0.3) is 0 Å². The lowest BCUT2D eigenvalue weighted by Gasteiger charge is -2.04. The van der Waals surface area contributed by atoms with Gasteiger partial charge in [-0.2, -0.15) is 0 Å². The molecule has 1 nitrogen and oxygen atoms in total. The van der Waals surface area contributed by atoms with Crippen LogP contribution in [0, 0.1) is 12.7 Å². The van der Waals surface area contributed by atoms with Crippen molar-refractivity contribution in [3.8, 4) is 11.1 Å². The van der Waals surface area contributed by atoms with E-state index in [0.717, 1.165) is 23.0 Å². The molecule has 0 bridgehead atoms. The van der Waals surface area contributed by atoms with Gasteiger partial charge in [-0.15, -0.1) is 11.3 Å². The summed E-state index contributed by atoms with van der Waals surface area (Å²) >= 11 is 1.40. The Labute approximate surface area is 91.2 Å². The summed E-state index contributed by atoms with van der Waals surface area (Å²) in [5.41, 5.74) is 2.64. The third-order valence-electron chi connectivity index (χ3n) is 2.28. The summed E-state index contributed by atoms with van der Waals surface area (Å²) in [7, 11) is 0. The summed E-state index contributed by atoms with van der Waals surface area (Å²) in [5.74, 6) is -0.251. The first kappa shape index (κ1) is 10.1. The number of hydrogen-bond donors (Lipinski definition) is 0. The highest BCUT2D eigenvalue weighted by Crippen LogP contribution is 2.29. The van der Waals surface area contributed by atoms with E-state index in [0.29, 0.717) is 4.88 Å². The standard InChI is InChI=1S/C12H9FOS/c1-8-6-9(13)2-3-10(8)11-4-5-15-12(11)7-14/h2-7H,1H3. The van der Waals surface area contributed by atoms with E-state index in [1.54, 1.807) is 6.07 Å². The molecule has 0 aliphatic rings. The lowest BCUT2D eigenvalue weighted by Crippen LogP contribution is -1.86. The van der Waals surface area contributed by atoms with Gasteiger partial charge in [0, 0.05) is 5.56 Å². The van der Waals surface area contributed by atoms with Crippen LogP contribution in [0.15, 0.2) is 29.6 Å². The van der Waals surface area contributed by atoms with Gasteiger partial charge in [0.05, 0.1) is 4.88 Å². The molecule has 1 aromatic heterocycles. The summed E-state index contributed by atoms with van der Waals surface area (Å²) in [6.07, 6.45) is 0.836. The second-order valence-electron chi connectivity index (χ2n) is 3.28. The average molecular weight is 220 g/mol. The number of halogens is 1. The van der Waals surface area contributed by atoms with Crippen LogP contribution in [0.1, 0.15) is 15.2 Å². The van der Waals surface area contributed by atoms with Gasteiger partial charge < -0.3 is 0 Å². The highest BCUT2D eigenvalue weighted by Gasteiger charge is 2.08. The van der Waals surface area contributed by atoms with Gasteiger partial charge in [0.15, 0.2) is 6.29 Å². The predicted molar refractivity (Wildman–Crippen MR) is 59.8 cm³/mol. The Hall–Kier alpha value is -1.48. The lowest BCUT2D eigenvalue weighted by atomic mass is 10.0. The number of hydrogen-bond acceptors (Lipinski definition) is 2. The van der Waals surface area contributed by atoms with Crippen LogP contribution in [-0.2, 0) is 0 Å². The van der Waals surface area contributed by atoms with E-state index in [2.05, 4.69) is 0 Å². The van der Waals surface area contributed by atoms with Crippen molar-refractivity contribution in [2.75, 3.05) is 0 Å². The maximum atomic E-state index is 12.9. The zero-order chi connectivity index (χ0) is 10.8. The largest absolute Gasteiger partial charge is 0.297 e. The molecule has 3 heteroatoms. The molecule has 0 aliphatic carbocycles. The molecule has 0 unspecified atom stereocenters. The minimum atomic E-state index is -0.251. The molecule has 1 aromatic carbocycles. The molecule has 15 heavy (non-hydrogen) atoms. The second-order valence-corrected chi connectivity index (χ2v) is 4.22. The minimum absolute atomic E-state index is 0.251. The van der Waals surface area contributed by atoms with Gasteiger partial charge in [-0.25, -0.2) is 4.39 Å². The van der Waals surface area contributed by atoms with Crippen LogP contribution in [-0.4, -0.2) is 6.29 Å². The van der Waals surface area contributed by atoms with Crippen LogP contribution < -0.4 is 0 Å². The average Bonchev–Trinajstić information content (AvgIpc) is 2.65. The van der Waals surface area contributed by atoms with E-state index in [1.165, 1.54) is 23.5 Å². The summed E-state index contributed by atoms with van der Waals surface area (Å²) in [6, 6.07) is 6.48. The van der Waals surface area contributed by atoms with Crippen LogP contribution in [0.5, 0.6) is 0 Å². The number of carbonyl (C=O) groups is 1. The first-order chi connectivity index (χ1) is 7.22. The quantitative estimate of drug-likeness (QED) is 0.706. The fourth-order valence-electron chi connectivity index (χ4n) is 1.56.